The van der Waals surface area contributed by atoms with Gasteiger partial charge >= 0.3 is 0 Å². The van der Waals surface area contributed by atoms with Crippen molar-refractivity contribution in [3.8, 4) is 17.2 Å². The summed E-state index contributed by atoms with van der Waals surface area (Å²) >= 11 is 0. The van der Waals surface area contributed by atoms with Gasteiger partial charge in [0.15, 0.2) is 6.61 Å². The van der Waals surface area contributed by atoms with E-state index in [2.05, 4.69) is 15.8 Å². The first-order chi connectivity index (χ1) is 14.0. The van der Waals surface area contributed by atoms with Crippen molar-refractivity contribution in [2.24, 2.45) is 5.10 Å². The molecule has 2 rings (SSSR count). The van der Waals surface area contributed by atoms with E-state index < -0.39 is 5.91 Å². The van der Waals surface area contributed by atoms with Gasteiger partial charge in [-0.1, -0.05) is 0 Å². The van der Waals surface area contributed by atoms with Gasteiger partial charge in [-0.25, -0.2) is 5.43 Å². The van der Waals surface area contributed by atoms with Crippen LogP contribution in [-0.4, -0.2) is 37.8 Å². The van der Waals surface area contributed by atoms with Gasteiger partial charge in [-0.15, -0.1) is 0 Å². The third kappa shape index (κ3) is 7.92. The van der Waals surface area contributed by atoms with Gasteiger partial charge in [0.2, 0.25) is 5.91 Å². The lowest BCUT2D eigenvalue weighted by Crippen LogP contribution is -2.26. The molecule has 0 unspecified atom stereocenters. The Bertz CT molecular complexity index is 832. The number of hydrogen-bond acceptors (Lipinski definition) is 6. The van der Waals surface area contributed by atoms with E-state index in [4.69, 9.17) is 14.2 Å². The lowest BCUT2D eigenvalue weighted by molar-refractivity contribution is -0.123. The highest BCUT2D eigenvalue weighted by Crippen LogP contribution is 2.17. The molecule has 0 aliphatic heterocycles. The van der Waals surface area contributed by atoms with E-state index in [-0.39, 0.29) is 18.9 Å². The second kappa shape index (κ2) is 11.3. The molecule has 0 heterocycles. The molecule has 0 aromatic heterocycles. The van der Waals surface area contributed by atoms with Crippen molar-refractivity contribution in [2.45, 2.75) is 20.3 Å². The molecule has 8 nitrogen and oxygen atoms in total. The topological polar surface area (TPSA) is 98.2 Å². The maximum Gasteiger partial charge on any atom is 0.277 e. The summed E-state index contributed by atoms with van der Waals surface area (Å²) in [5.41, 5.74) is 3.49. The number of benzene rings is 2. The zero-order valence-electron chi connectivity index (χ0n) is 16.7. The highest BCUT2D eigenvalue weighted by molar-refractivity contribution is 6.05. The number of nitrogens with zero attached hydrogens (tertiary/aromatic N) is 1. The number of carbonyl (C=O) groups is 2. The average molecular weight is 399 g/mol. The maximum absolute atomic E-state index is 12.1. The second-order valence-electron chi connectivity index (χ2n) is 6.03. The molecular formula is C21H25N3O5. The highest BCUT2D eigenvalue weighted by atomic mass is 16.5. The number of hydrazone groups is 1. The lowest BCUT2D eigenvalue weighted by Gasteiger charge is -2.08. The number of hydrogen-bond donors (Lipinski definition) is 2. The van der Waals surface area contributed by atoms with Crippen LogP contribution >= 0.6 is 0 Å². The summed E-state index contributed by atoms with van der Waals surface area (Å²) in [7, 11) is 1.57. The summed E-state index contributed by atoms with van der Waals surface area (Å²) in [6.45, 7) is 3.95. The number of amides is 2. The number of methoxy groups -OCH3 is 1. The van der Waals surface area contributed by atoms with Crippen LogP contribution in [0.25, 0.3) is 0 Å². The molecule has 29 heavy (non-hydrogen) atoms. The van der Waals surface area contributed by atoms with Crippen molar-refractivity contribution in [3.63, 3.8) is 0 Å². The molecule has 0 saturated heterocycles. The molecule has 0 aliphatic rings. The monoisotopic (exact) mass is 399 g/mol. The Labute approximate surface area is 169 Å². The van der Waals surface area contributed by atoms with Crippen LogP contribution in [0.1, 0.15) is 20.3 Å². The van der Waals surface area contributed by atoms with Gasteiger partial charge in [0.05, 0.1) is 20.1 Å². The van der Waals surface area contributed by atoms with E-state index >= 15 is 0 Å². The molecular weight excluding hydrogens is 374 g/mol. The number of ether oxygens (including phenoxy) is 3. The lowest BCUT2D eigenvalue weighted by atomic mass is 10.2. The van der Waals surface area contributed by atoms with E-state index in [0.717, 1.165) is 5.75 Å². The molecule has 2 amide bonds. The first-order valence-electron chi connectivity index (χ1n) is 9.11. The summed E-state index contributed by atoms with van der Waals surface area (Å²) in [6.07, 6.45) is 0.0484. The van der Waals surface area contributed by atoms with E-state index in [1.165, 1.54) is 0 Å². The minimum absolute atomic E-state index is 0.0484. The zero-order chi connectivity index (χ0) is 21.1. The highest BCUT2D eigenvalue weighted by Gasteiger charge is 2.07. The number of rotatable bonds is 10. The summed E-state index contributed by atoms with van der Waals surface area (Å²) in [5, 5.41) is 6.68. The Balaban J connectivity index is 1.73. The van der Waals surface area contributed by atoms with Gasteiger partial charge in [0.1, 0.15) is 17.2 Å². The van der Waals surface area contributed by atoms with Crippen molar-refractivity contribution >= 4 is 23.2 Å². The van der Waals surface area contributed by atoms with Crippen LogP contribution < -0.4 is 25.0 Å². The van der Waals surface area contributed by atoms with E-state index in [9.17, 15) is 9.59 Å². The predicted molar refractivity (Wildman–Crippen MR) is 111 cm³/mol. The molecule has 0 bridgehead atoms. The second-order valence-corrected chi connectivity index (χ2v) is 6.03. The van der Waals surface area contributed by atoms with Crippen LogP contribution in [0, 0.1) is 0 Å². The molecule has 2 N–H and O–H groups in total. The van der Waals surface area contributed by atoms with Crippen LogP contribution in [0.4, 0.5) is 5.69 Å². The normalized spacial score (nSPS) is 10.8. The molecule has 8 heteroatoms. The van der Waals surface area contributed by atoms with Gasteiger partial charge in [-0.3, -0.25) is 9.59 Å². The fourth-order valence-corrected chi connectivity index (χ4v) is 2.29. The van der Waals surface area contributed by atoms with Crippen molar-refractivity contribution < 1.29 is 23.8 Å². The van der Waals surface area contributed by atoms with Crippen molar-refractivity contribution in [1.82, 2.24) is 5.43 Å². The van der Waals surface area contributed by atoms with E-state index in [1.54, 1.807) is 62.6 Å². The number of carbonyl (C=O) groups excluding carboxylic acids is 2. The Morgan fingerprint density at radius 2 is 1.48 bits per heavy atom. The molecule has 2 aromatic rings. The predicted octanol–water partition coefficient (Wildman–Crippen LogP) is 2.99. The molecule has 0 fully saturated rings. The van der Waals surface area contributed by atoms with Crippen molar-refractivity contribution in [2.75, 3.05) is 25.6 Å². The maximum atomic E-state index is 12.1. The summed E-state index contributed by atoms with van der Waals surface area (Å²) in [6, 6.07) is 13.9. The largest absolute Gasteiger partial charge is 0.497 e. The quantitative estimate of drug-likeness (QED) is 0.473. The standard InChI is InChI=1S/C21H25N3O5/c1-4-28-18-7-5-16(6-8-18)22-20(25)13-15(2)23-24-21(26)14-29-19-11-9-17(27-3)10-12-19/h5-12H,4,13-14H2,1-3H3,(H,22,25)(H,24,26)/b23-15-. The van der Waals surface area contributed by atoms with Gasteiger partial charge < -0.3 is 19.5 Å². The van der Waals surface area contributed by atoms with Gasteiger partial charge in [0.25, 0.3) is 5.91 Å². The fraction of sp³-hybridized carbons (Fsp3) is 0.286. The average Bonchev–Trinajstić information content (AvgIpc) is 2.72. The molecule has 2 aromatic carbocycles. The molecule has 0 radical (unpaired) electrons. The first kappa shape index (κ1) is 21.7. The number of nitrogens with one attached hydrogen (secondary N) is 2. The Morgan fingerprint density at radius 1 is 0.897 bits per heavy atom. The van der Waals surface area contributed by atoms with E-state index in [0.29, 0.717) is 29.5 Å². The Kier molecular flexibility index (Phi) is 8.50. The molecule has 0 saturated carbocycles. The van der Waals surface area contributed by atoms with Crippen LogP contribution in [0.2, 0.25) is 0 Å². The summed E-state index contributed by atoms with van der Waals surface area (Å²) in [5.74, 6) is 1.32. The first-order valence-corrected chi connectivity index (χ1v) is 9.11. The van der Waals surface area contributed by atoms with Crippen LogP contribution in [0.15, 0.2) is 53.6 Å². The SMILES string of the molecule is CCOc1ccc(NC(=O)C/C(C)=N\NC(=O)COc2ccc(OC)cc2)cc1. The third-order valence-electron chi connectivity index (χ3n) is 3.67. The Morgan fingerprint density at radius 3 is 2.10 bits per heavy atom. The zero-order valence-corrected chi connectivity index (χ0v) is 16.7. The smallest absolute Gasteiger partial charge is 0.277 e. The van der Waals surface area contributed by atoms with Crippen LogP contribution in [-0.2, 0) is 9.59 Å². The minimum atomic E-state index is -0.424. The molecule has 0 atom stereocenters. The van der Waals surface area contributed by atoms with Crippen molar-refractivity contribution in [1.29, 1.82) is 0 Å². The number of anilines is 1. The molecule has 154 valence electrons. The van der Waals surface area contributed by atoms with Gasteiger partial charge in [0, 0.05) is 11.4 Å². The van der Waals surface area contributed by atoms with Gasteiger partial charge in [-0.05, 0) is 62.4 Å². The van der Waals surface area contributed by atoms with Crippen LogP contribution in [0.3, 0.4) is 0 Å². The molecule has 0 spiro atoms. The van der Waals surface area contributed by atoms with E-state index in [1.807, 2.05) is 6.92 Å². The fourth-order valence-electron chi connectivity index (χ4n) is 2.29. The van der Waals surface area contributed by atoms with Gasteiger partial charge in [-0.2, -0.15) is 5.10 Å². The summed E-state index contributed by atoms with van der Waals surface area (Å²) in [4.78, 5) is 23.9. The summed E-state index contributed by atoms with van der Waals surface area (Å²) < 4.78 is 15.8. The van der Waals surface area contributed by atoms with Crippen LogP contribution in [0.5, 0.6) is 17.2 Å². The molecule has 0 aliphatic carbocycles. The van der Waals surface area contributed by atoms with Crippen molar-refractivity contribution in [3.05, 3.63) is 48.5 Å². The Hall–Kier alpha value is -3.55. The minimum Gasteiger partial charge on any atom is -0.497 e. The third-order valence-corrected chi connectivity index (χ3v) is 3.67.